The van der Waals surface area contributed by atoms with Crippen molar-refractivity contribution in [2.75, 3.05) is 7.11 Å². The molecule has 1 aromatic carbocycles. The van der Waals surface area contributed by atoms with Crippen LogP contribution in [-0.2, 0) is 4.74 Å². The van der Waals surface area contributed by atoms with Gasteiger partial charge >= 0.3 is 0 Å². The molecule has 0 aliphatic heterocycles. The Hall–Kier alpha value is -1.90. The van der Waals surface area contributed by atoms with Gasteiger partial charge in [-0.2, -0.15) is 0 Å². The van der Waals surface area contributed by atoms with Crippen molar-refractivity contribution in [1.82, 2.24) is 0 Å². The highest BCUT2D eigenvalue weighted by Gasteiger charge is 1.96. The SMILES string of the molecule is C=C/C=C(/F)C(=C)OC.Cc1ccccc1F. The number of rotatable bonds is 3. The Morgan fingerprint density at radius 1 is 1.35 bits per heavy atom. The molecule has 0 radical (unpaired) electrons. The van der Waals surface area contributed by atoms with Crippen molar-refractivity contribution in [3.63, 3.8) is 0 Å². The molecule has 0 bridgehead atoms. The van der Waals surface area contributed by atoms with Crippen LogP contribution in [0.1, 0.15) is 5.56 Å². The molecule has 0 heterocycles. The highest BCUT2D eigenvalue weighted by molar-refractivity contribution is 5.19. The topological polar surface area (TPSA) is 9.23 Å². The highest BCUT2D eigenvalue weighted by Crippen LogP contribution is 2.08. The first kappa shape index (κ1) is 15.1. The van der Waals surface area contributed by atoms with E-state index in [-0.39, 0.29) is 11.6 Å². The fraction of sp³-hybridized carbons (Fsp3) is 0.143. The summed E-state index contributed by atoms with van der Waals surface area (Å²) < 4.78 is 29.2. The van der Waals surface area contributed by atoms with E-state index in [1.165, 1.54) is 25.3 Å². The van der Waals surface area contributed by atoms with Crippen LogP contribution in [-0.4, -0.2) is 7.11 Å². The highest BCUT2D eigenvalue weighted by atomic mass is 19.1. The molecule has 1 rings (SSSR count). The Labute approximate surface area is 101 Å². The molecule has 0 aromatic heterocycles. The molecule has 1 aromatic rings. The first-order valence-electron chi connectivity index (χ1n) is 4.95. The molecule has 0 amide bonds. The summed E-state index contributed by atoms with van der Waals surface area (Å²) in [5, 5.41) is 0. The van der Waals surface area contributed by atoms with Crippen molar-refractivity contribution in [1.29, 1.82) is 0 Å². The minimum absolute atomic E-state index is 0.0231. The lowest BCUT2D eigenvalue weighted by Gasteiger charge is -1.97. The molecule has 1 nitrogen and oxygen atoms in total. The lowest BCUT2D eigenvalue weighted by molar-refractivity contribution is 0.285. The molecule has 3 heteroatoms. The van der Waals surface area contributed by atoms with Crippen LogP contribution in [0.5, 0.6) is 0 Å². The van der Waals surface area contributed by atoms with E-state index in [2.05, 4.69) is 17.9 Å². The molecule has 0 unspecified atom stereocenters. The quantitative estimate of drug-likeness (QED) is 0.563. The molecule has 92 valence electrons. The third-order valence-corrected chi connectivity index (χ3v) is 1.85. The average Bonchev–Trinajstić information content (AvgIpc) is 2.33. The van der Waals surface area contributed by atoms with Gasteiger partial charge in [0.2, 0.25) is 0 Å². The van der Waals surface area contributed by atoms with E-state index in [1.807, 2.05) is 6.07 Å². The van der Waals surface area contributed by atoms with Gasteiger partial charge in [0, 0.05) is 0 Å². The molecule has 0 aliphatic carbocycles. The summed E-state index contributed by atoms with van der Waals surface area (Å²) in [6.07, 6.45) is 2.52. The summed E-state index contributed by atoms with van der Waals surface area (Å²) in [5.74, 6) is -0.602. The molecule has 0 N–H and O–H groups in total. The van der Waals surface area contributed by atoms with Gasteiger partial charge in [0.05, 0.1) is 7.11 Å². The fourth-order valence-corrected chi connectivity index (χ4v) is 0.845. The third kappa shape index (κ3) is 6.30. The zero-order valence-electron chi connectivity index (χ0n) is 10.0. The minimum Gasteiger partial charge on any atom is -0.494 e. The first-order valence-corrected chi connectivity index (χ1v) is 4.95. The van der Waals surface area contributed by atoms with Gasteiger partial charge in [-0.3, -0.25) is 0 Å². The van der Waals surface area contributed by atoms with Gasteiger partial charge in [-0.25, -0.2) is 8.78 Å². The maximum atomic E-state index is 12.4. The van der Waals surface area contributed by atoms with Crippen molar-refractivity contribution in [2.24, 2.45) is 0 Å². The van der Waals surface area contributed by atoms with E-state index >= 15 is 0 Å². The number of halogens is 2. The average molecular weight is 238 g/mol. The first-order chi connectivity index (χ1) is 8.02. The molecule has 0 spiro atoms. The lowest BCUT2D eigenvalue weighted by Crippen LogP contribution is -1.82. The number of ether oxygens (including phenoxy) is 1. The van der Waals surface area contributed by atoms with E-state index in [9.17, 15) is 8.78 Å². The number of aryl methyl sites for hydroxylation is 1. The van der Waals surface area contributed by atoms with E-state index in [4.69, 9.17) is 0 Å². The van der Waals surface area contributed by atoms with E-state index in [0.29, 0.717) is 5.56 Å². The van der Waals surface area contributed by atoms with Crippen LogP contribution in [0.25, 0.3) is 0 Å². The normalized spacial score (nSPS) is 10.0. The minimum atomic E-state index is -0.493. The molecule has 0 fully saturated rings. The van der Waals surface area contributed by atoms with Gasteiger partial charge in [0.25, 0.3) is 0 Å². The van der Waals surface area contributed by atoms with Crippen LogP contribution < -0.4 is 0 Å². The predicted molar refractivity (Wildman–Crippen MR) is 66.7 cm³/mol. The number of allylic oxidation sites excluding steroid dienone is 3. The summed E-state index contributed by atoms with van der Waals surface area (Å²) in [5.41, 5.74) is 0.701. The van der Waals surface area contributed by atoms with Gasteiger partial charge in [-0.15, -0.1) is 0 Å². The Morgan fingerprint density at radius 3 is 2.29 bits per heavy atom. The van der Waals surface area contributed by atoms with Crippen molar-refractivity contribution in [2.45, 2.75) is 6.92 Å². The van der Waals surface area contributed by atoms with Gasteiger partial charge in [-0.1, -0.05) is 37.4 Å². The van der Waals surface area contributed by atoms with Crippen LogP contribution in [0, 0.1) is 12.7 Å². The second-order valence-electron chi connectivity index (χ2n) is 3.13. The Balaban J connectivity index is 0.000000302. The standard InChI is InChI=1S/C7H9FO.C7H7F/c1-4-5-7(8)6(2)9-3;1-6-4-2-3-5-7(6)8/h4-5H,1-2H2,3H3;2-5H,1H3/b7-5+;. The predicted octanol–water partition coefficient (Wildman–Crippen LogP) is 4.32. The van der Waals surface area contributed by atoms with Gasteiger partial charge in [-0.05, 0) is 24.6 Å². The lowest BCUT2D eigenvalue weighted by atomic mass is 10.2. The van der Waals surface area contributed by atoms with Gasteiger partial charge in [0.1, 0.15) is 11.6 Å². The van der Waals surface area contributed by atoms with Crippen molar-refractivity contribution < 1.29 is 13.5 Å². The largest absolute Gasteiger partial charge is 0.494 e. The fourth-order valence-electron chi connectivity index (χ4n) is 0.845. The third-order valence-electron chi connectivity index (χ3n) is 1.85. The smallest absolute Gasteiger partial charge is 0.164 e. The number of methoxy groups -OCH3 is 1. The van der Waals surface area contributed by atoms with Crippen LogP contribution in [0.3, 0.4) is 0 Å². The molecule has 17 heavy (non-hydrogen) atoms. The zero-order chi connectivity index (χ0) is 13.3. The van der Waals surface area contributed by atoms with E-state index in [1.54, 1.807) is 19.1 Å². The van der Waals surface area contributed by atoms with Crippen LogP contribution >= 0.6 is 0 Å². The van der Waals surface area contributed by atoms with Crippen LogP contribution in [0.2, 0.25) is 0 Å². The van der Waals surface area contributed by atoms with Gasteiger partial charge in [0.15, 0.2) is 5.83 Å². The van der Waals surface area contributed by atoms with Crippen LogP contribution in [0.4, 0.5) is 8.78 Å². The van der Waals surface area contributed by atoms with E-state index < -0.39 is 5.83 Å². The second kappa shape index (κ2) is 8.28. The summed E-state index contributed by atoms with van der Waals surface area (Å²) in [6.45, 7) is 8.33. The molecule has 0 atom stereocenters. The van der Waals surface area contributed by atoms with E-state index in [0.717, 1.165) is 0 Å². The summed E-state index contributed by atoms with van der Waals surface area (Å²) >= 11 is 0. The molecule has 0 saturated heterocycles. The van der Waals surface area contributed by atoms with Crippen LogP contribution in [0.15, 0.2) is 61.2 Å². The summed E-state index contributed by atoms with van der Waals surface area (Å²) in [4.78, 5) is 0. The Morgan fingerprint density at radius 2 is 1.94 bits per heavy atom. The molecule has 0 aliphatic rings. The maximum Gasteiger partial charge on any atom is 0.164 e. The second-order valence-corrected chi connectivity index (χ2v) is 3.13. The van der Waals surface area contributed by atoms with Crippen molar-refractivity contribution >= 4 is 0 Å². The molecular weight excluding hydrogens is 222 g/mol. The Kier molecular flexibility index (Phi) is 7.35. The zero-order valence-corrected chi connectivity index (χ0v) is 10.0. The monoisotopic (exact) mass is 238 g/mol. The molecule has 0 saturated carbocycles. The maximum absolute atomic E-state index is 12.4. The summed E-state index contributed by atoms with van der Waals surface area (Å²) in [7, 11) is 1.36. The number of hydrogen-bond donors (Lipinski definition) is 0. The number of hydrogen-bond acceptors (Lipinski definition) is 1. The van der Waals surface area contributed by atoms with Crippen molar-refractivity contribution in [3.8, 4) is 0 Å². The number of benzene rings is 1. The summed E-state index contributed by atoms with van der Waals surface area (Å²) in [6, 6.07) is 6.70. The Bertz CT molecular complexity index is 387. The van der Waals surface area contributed by atoms with Crippen molar-refractivity contribution in [3.05, 3.63) is 72.5 Å². The van der Waals surface area contributed by atoms with Gasteiger partial charge < -0.3 is 4.74 Å². The molecular formula is C14H16F2O.